The number of pyridine rings is 1. The molecule has 4 aromatic rings. The van der Waals surface area contributed by atoms with Gasteiger partial charge in [0.2, 0.25) is 0 Å². The molecule has 3 aromatic carbocycles. The van der Waals surface area contributed by atoms with Gasteiger partial charge in [-0.25, -0.2) is 4.98 Å². The number of aromatic nitrogens is 1. The van der Waals surface area contributed by atoms with E-state index in [4.69, 9.17) is 10.7 Å². The summed E-state index contributed by atoms with van der Waals surface area (Å²) in [6.45, 7) is 8.99. The van der Waals surface area contributed by atoms with E-state index in [2.05, 4.69) is 76.2 Å². The molecule has 0 aliphatic rings. The maximum absolute atomic E-state index is 6.33. The van der Waals surface area contributed by atoms with Gasteiger partial charge >= 0.3 is 0 Å². The molecule has 0 amide bonds. The average molecular weight is 354 g/mol. The summed E-state index contributed by atoms with van der Waals surface area (Å²) in [4.78, 5) is 5.14. The lowest BCUT2D eigenvalue weighted by molar-refractivity contribution is 0.836. The lowest BCUT2D eigenvalue weighted by atomic mass is 9.86. The molecule has 2 N–H and O–H groups in total. The third-order valence-electron chi connectivity index (χ3n) is 5.36. The Hall–Kier alpha value is -2.87. The highest BCUT2D eigenvalue weighted by Gasteiger charge is 2.17. The van der Waals surface area contributed by atoms with E-state index in [-0.39, 0.29) is 0 Å². The largest absolute Gasteiger partial charge is 0.398 e. The number of benzene rings is 3. The molecule has 0 fully saturated rings. The number of anilines is 1. The van der Waals surface area contributed by atoms with E-state index in [1.165, 1.54) is 16.7 Å². The molecule has 136 valence electrons. The molecule has 27 heavy (non-hydrogen) atoms. The van der Waals surface area contributed by atoms with Crippen LogP contribution in [0.2, 0.25) is 0 Å². The molecular weight excluding hydrogens is 328 g/mol. The van der Waals surface area contributed by atoms with E-state index < -0.39 is 0 Å². The van der Waals surface area contributed by atoms with E-state index in [0.717, 1.165) is 33.1 Å². The summed E-state index contributed by atoms with van der Waals surface area (Å²) in [7, 11) is 0. The number of nitrogens with zero attached hydrogens (tertiary/aromatic N) is 1. The molecule has 2 heteroatoms. The fourth-order valence-electron chi connectivity index (χ4n) is 3.97. The van der Waals surface area contributed by atoms with Crippen LogP contribution in [0.3, 0.4) is 0 Å². The van der Waals surface area contributed by atoms with Crippen LogP contribution in [0.1, 0.15) is 50.7 Å². The van der Waals surface area contributed by atoms with Crippen molar-refractivity contribution in [3.8, 4) is 11.3 Å². The first-order chi connectivity index (χ1) is 13.0. The van der Waals surface area contributed by atoms with Gasteiger partial charge in [-0.1, -0.05) is 76.2 Å². The van der Waals surface area contributed by atoms with Crippen LogP contribution in [-0.4, -0.2) is 4.98 Å². The van der Waals surface area contributed by atoms with Gasteiger partial charge in [0.15, 0.2) is 0 Å². The van der Waals surface area contributed by atoms with Crippen LogP contribution in [0.4, 0.5) is 5.69 Å². The number of hydrogen-bond donors (Lipinski definition) is 1. The second kappa shape index (κ2) is 6.70. The van der Waals surface area contributed by atoms with Gasteiger partial charge in [-0.15, -0.1) is 0 Å². The van der Waals surface area contributed by atoms with Crippen molar-refractivity contribution in [3.05, 3.63) is 71.8 Å². The Morgan fingerprint density at radius 3 is 1.96 bits per heavy atom. The van der Waals surface area contributed by atoms with Crippen molar-refractivity contribution in [2.45, 2.75) is 39.5 Å². The van der Waals surface area contributed by atoms with Crippen molar-refractivity contribution in [3.63, 3.8) is 0 Å². The molecule has 0 saturated heterocycles. The van der Waals surface area contributed by atoms with Crippen molar-refractivity contribution >= 4 is 27.4 Å². The smallest absolute Gasteiger partial charge is 0.0808 e. The predicted octanol–water partition coefficient (Wildman–Crippen LogP) is 6.88. The Balaban J connectivity index is 2.08. The molecule has 0 atom stereocenters. The highest BCUT2D eigenvalue weighted by atomic mass is 14.7. The molecule has 0 unspecified atom stereocenters. The molecule has 0 aliphatic carbocycles. The van der Waals surface area contributed by atoms with Crippen LogP contribution in [0.5, 0.6) is 0 Å². The lowest BCUT2D eigenvalue weighted by Crippen LogP contribution is -2.01. The van der Waals surface area contributed by atoms with Crippen LogP contribution in [-0.2, 0) is 0 Å². The van der Waals surface area contributed by atoms with Crippen molar-refractivity contribution in [1.82, 2.24) is 4.98 Å². The zero-order chi connectivity index (χ0) is 19.1. The van der Waals surface area contributed by atoms with Gasteiger partial charge in [0.1, 0.15) is 0 Å². The van der Waals surface area contributed by atoms with Gasteiger partial charge in [0, 0.05) is 22.0 Å². The quantitative estimate of drug-likeness (QED) is 0.321. The molecule has 2 nitrogen and oxygen atoms in total. The Kier molecular flexibility index (Phi) is 4.35. The molecule has 0 radical (unpaired) electrons. The predicted molar refractivity (Wildman–Crippen MR) is 117 cm³/mol. The monoisotopic (exact) mass is 354 g/mol. The van der Waals surface area contributed by atoms with E-state index >= 15 is 0 Å². The summed E-state index contributed by atoms with van der Waals surface area (Å²) < 4.78 is 0. The lowest BCUT2D eigenvalue weighted by Gasteiger charge is -2.20. The van der Waals surface area contributed by atoms with Crippen LogP contribution in [0, 0.1) is 0 Å². The second-order valence-corrected chi connectivity index (χ2v) is 7.90. The minimum Gasteiger partial charge on any atom is -0.398 e. The maximum atomic E-state index is 6.33. The molecule has 1 heterocycles. The Bertz CT molecular complexity index is 1110. The highest BCUT2D eigenvalue weighted by Crippen LogP contribution is 2.37. The van der Waals surface area contributed by atoms with Crippen LogP contribution in [0.15, 0.2) is 60.7 Å². The normalized spacial score (nSPS) is 11.8. The zero-order valence-corrected chi connectivity index (χ0v) is 16.5. The molecule has 0 spiro atoms. The summed E-state index contributed by atoms with van der Waals surface area (Å²) in [5.74, 6) is 0.877. The minimum atomic E-state index is 0.439. The first kappa shape index (κ1) is 17.5. The molecular formula is C25H26N2. The van der Waals surface area contributed by atoms with Crippen LogP contribution >= 0.6 is 0 Å². The minimum absolute atomic E-state index is 0.439. The van der Waals surface area contributed by atoms with E-state index in [0.29, 0.717) is 11.8 Å². The summed E-state index contributed by atoms with van der Waals surface area (Å²) in [6.07, 6.45) is 0. The van der Waals surface area contributed by atoms with Crippen LogP contribution in [0.25, 0.3) is 32.9 Å². The fourth-order valence-corrected chi connectivity index (χ4v) is 3.97. The van der Waals surface area contributed by atoms with Crippen LogP contribution < -0.4 is 5.73 Å². The average Bonchev–Trinajstić information content (AvgIpc) is 2.66. The Labute approximate surface area is 161 Å². The van der Waals surface area contributed by atoms with E-state index in [9.17, 15) is 0 Å². The molecule has 0 bridgehead atoms. The molecule has 0 saturated carbocycles. The van der Waals surface area contributed by atoms with Crippen molar-refractivity contribution in [2.24, 2.45) is 0 Å². The Morgan fingerprint density at radius 1 is 0.704 bits per heavy atom. The molecule has 0 aliphatic heterocycles. The topological polar surface area (TPSA) is 38.9 Å². The standard InChI is InChI=1S/C25H26N2/c1-15(2)19-8-6-9-20(16(3)4)24(19)22-14-13-18-12-11-17-7-5-10-21(26)23(17)25(18)27-22/h5-16H,26H2,1-4H3. The van der Waals surface area contributed by atoms with Gasteiger partial charge in [-0.2, -0.15) is 0 Å². The second-order valence-electron chi connectivity index (χ2n) is 7.90. The maximum Gasteiger partial charge on any atom is 0.0808 e. The summed E-state index contributed by atoms with van der Waals surface area (Å²) in [6, 6.07) is 21.3. The van der Waals surface area contributed by atoms with Crippen molar-refractivity contribution < 1.29 is 0 Å². The summed E-state index contributed by atoms with van der Waals surface area (Å²) >= 11 is 0. The number of nitrogen functional groups attached to an aromatic ring is 1. The van der Waals surface area contributed by atoms with Gasteiger partial charge in [0.25, 0.3) is 0 Å². The number of rotatable bonds is 3. The third kappa shape index (κ3) is 2.95. The zero-order valence-electron chi connectivity index (χ0n) is 16.5. The van der Waals surface area contributed by atoms with Gasteiger partial charge in [-0.3, -0.25) is 0 Å². The van der Waals surface area contributed by atoms with Gasteiger partial charge in [-0.05, 0) is 40.5 Å². The number of nitrogens with two attached hydrogens (primary N) is 1. The first-order valence-corrected chi connectivity index (χ1v) is 9.68. The van der Waals surface area contributed by atoms with Crippen molar-refractivity contribution in [1.29, 1.82) is 0 Å². The molecule has 4 rings (SSSR count). The summed E-state index contributed by atoms with van der Waals surface area (Å²) in [5, 5.41) is 3.30. The SMILES string of the molecule is CC(C)c1cccc(C(C)C)c1-c1ccc2ccc3cccc(N)c3c2n1. The molecule has 1 aromatic heterocycles. The van der Waals surface area contributed by atoms with Gasteiger partial charge < -0.3 is 5.73 Å². The van der Waals surface area contributed by atoms with E-state index in [1.807, 2.05) is 12.1 Å². The fraction of sp³-hybridized carbons (Fsp3) is 0.240. The third-order valence-corrected chi connectivity index (χ3v) is 5.36. The Morgan fingerprint density at radius 2 is 1.30 bits per heavy atom. The van der Waals surface area contributed by atoms with Gasteiger partial charge in [0.05, 0.1) is 11.2 Å². The summed E-state index contributed by atoms with van der Waals surface area (Å²) in [5.41, 5.74) is 13.1. The highest BCUT2D eigenvalue weighted by molar-refractivity contribution is 6.11. The number of hydrogen-bond acceptors (Lipinski definition) is 2. The number of fused-ring (bicyclic) bond motifs is 3. The van der Waals surface area contributed by atoms with Crippen molar-refractivity contribution in [2.75, 3.05) is 5.73 Å². The van der Waals surface area contributed by atoms with E-state index in [1.54, 1.807) is 0 Å². The first-order valence-electron chi connectivity index (χ1n) is 9.68.